The van der Waals surface area contributed by atoms with Gasteiger partial charge in [-0.05, 0) is 123 Å². The molecule has 5 rings (SSSR count). The Hall–Kier alpha value is -4.75. The van der Waals surface area contributed by atoms with E-state index in [9.17, 15) is 34.2 Å². The summed E-state index contributed by atoms with van der Waals surface area (Å²) in [7, 11) is 0. The topological polar surface area (TPSA) is 287 Å². The molecule has 0 radical (unpaired) electrons. The minimum Gasteiger partial charge on any atom is -0.444 e. The molecule has 414 valence electrons. The van der Waals surface area contributed by atoms with E-state index in [4.69, 9.17) is 52.1 Å². The van der Waals surface area contributed by atoms with Crippen molar-refractivity contribution in [2.24, 2.45) is 0 Å². The molecule has 0 bridgehead atoms. The van der Waals surface area contributed by atoms with E-state index >= 15 is 0 Å². The molecule has 1 aromatic rings. The van der Waals surface area contributed by atoms with Gasteiger partial charge in [0.05, 0.1) is 36.9 Å². The fraction of sp³-hybridized carbons (Fsp3) is 0.780. The monoisotopic (exact) mass is 1040 g/mol. The first-order valence-corrected chi connectivity index (χ1v) is 24.9. The standard InChI is InChI=1S/C50H81N5O18/c1-46(2,3)69-41(58)51-24-27-21-22-28(52-42(59)70-47(4,5)6)39(64-27)66-35-29(53-43(60)71-48(7,8)9)23-30(54-44(61)72-49(10,11)12)36(34(35)57)67-40-33(56)32(55-45(62)73-50(13,14)15)37-31(65-40)25-63-38(68-37)26-19-17-16-18-20-26/h16-20,27-40,56-57H,21-25H2,1-15H3,(H,51,58)(H,52,59)(H,53,60)(H,54,61)(H,55,62)/t27-,28+,29-,30+,31+,32+,33+,34-,35+,36-,37+,38?,39+,40+/m0/s1. The quantitative estimate of drug-likeness (QED) is 0.138. The lowest BCUT2D eigenvalue weighted by Gasteiger charge is -2.51. The summed E-state index contributed by atoms with van der Waals surface area (Å²) in [6, 6.07) is 4.43. The van der Waals surface area contributed by atoms with Crippen LogP contribution in [0.15, 0.2) is 30.3 Å². The third-order valence-electron chi connectivity index (χ3n) is 11.1. The van der Waals surface area contributed by atoms with Gasteiger partial charge in [-0.2, -0.15) is 0 Å². The second kappa shape index (κ2) is 23.8. The first-order valence-electron chi connectivity index (χ1n) is 24.9. The zero-order valence-electron chi connectivity index (χ0n) is 44.9. The second-order valence-corrected chi connectivity index (χ2v) is 23.7. The summed E-state index contributed by atoms with van der Waals surface area (Å²) in [5.74, 6) is 0. The summed E-state index contributed by atoms with van der Waals surface area (Å²) >= 11 is 0. The Morgan fingerprint density at radius 1 is 0.548 bits per heavy atom. The summed E-state index contributed by atoms with van der Waals surface area (Å²) < 4.78 is 66.4. The normalized spacial score (nSPS) is 31.1. The Kier molecular flexibility index (Phi) is 19.3. The highest BCUT2D eigenvalue weighted by Crippen LogP contribution is 2.38. The molecule has 1 aliphatic carbocycles. The molecule has 23 heteroatoms. The molecular weight excluding hydrogens is 959 g/mol. The van der Waals surface area contributed by atoms with E-state index in [1.54, 1.807) is 116 Å². The van der Waals surface area contributed by atoms with E-state index in [0.717, 1.165) is 0 Å². The first-order chi connectivity index (χ1) is 33.6. The molecule has 3 saturated heterocycles. The summed E-state index contributed by atoms with van der Waals surface area (Å²) in [5, 5.41) is 38.8. The van der Waals surface area contributed by atoms with Crippen LogP contribution in [0.25, 0.3) is 0 Å². The number of hydrogen-bond donors (Lipinski definition) is 7. The summed E-state index contributed by atoms with van der Waals surface area (Å²) in [4.78, 5) is 66.7. The number of carbonyl (C=O) groups is 5. The number of alkyl carbamates (subject to hydrolysis) is 5. The number of nitrogens with one attached hydrogen (secondary N) is 5. The lowest BCUT2D eigenvalue weighted by Crippen LogP contribution is -2.71. The molecule has 0 spiro atoms. The lowest BCUT2D eigenvalue weighted by molar-refractivity contribution is -0.357. The second-order valence-electron chi connectivity index (χ2n) is 23.7. The van der Waals surface area contributed by atoms with Crippen molar-refractivity contribution in [3.8, 4) is 0 Å². The Morgan fingerprint density at radius 3 is 1.49 bits per heavy atom. The van der Waals surface area contributed by atoms with Gasteiger partial charge in [0.25, 0.3) is 0 Å². The van der Waals surface area contributed by atoms with Crippen molar-refractivity contribution in [3.05, 3.63) is 35.9 Å². The van der Waals surface area contributed by atoms with Crippen LogP contribution in [0, 0.1) is 0 Å². The maximum atomic E-state index is 13.6. The van der Waals surface area contributed by atoms with Crippen molar-refractivity contribution < 1.29 is 86.3 Å². The maximum absolute atomic E-state index is 13.6. The molecule has 1 saturated carbocycles. The van der Waals surface area contributed by atoms with E-state index in [1.807, 2.05) is 18.2 Å². The zero-order chi connectivity index (χ0) is 54.4. The lowest BCUT2D eigenvalue weighted by atomic mass is 9.83. The third-order valence-corrected chi connectivity index (χ3v) is 11.1. The Morgan fingerprint density at radius 2 is 1.00 bits per heavy atom. The molecule has 4 aliphatic rings. The molecule has 4 fully saturated rings. The summed E-state index contributed by atoms with van der Waals surface area (Å²) in [6.45, 7) is 25.1. The number of carbonyl (C=O) groups excluding carboxylic acids is 5. The highest BCUT2D eigenvalue weighted by atomic mass is 16.8. The molecule has 23 nitrogen and oxygen atoms in total. The predicted octanol–water partition coefficient (Wildman–Crippen LogP) is 5.32. The van der Waals surface area contributed by atoms with Crippen molar-refractivity contribution in [2.75, 3.05) is 13.2 Å². The summed E-state index contributed by atoms with van der Waals surface area (Å²) in [6.07, 6.45) is -17.2. The molecule has 3 aliphatic heterocycles. The van der Waals surface area contributed by atoms with Crippen molar-refractivity contribution in [1.82, 2.24) is 26.6 Å². The molecule has 1 aromatic carbocycles. The summed E-state index contributed by atoms with van der Waals surface area (Å²) in [5.41, 5.74) is -3.88. The van der Waals surface area contributed by atoms with E-state index in [0.29, 0.717) is 12.0 Å². The van der Waals surface area contributed by atoms with Crippen LogP contribution in [0.5, 0.6) is 0 Å². The van der Waals surface area contributed by atoms with Crippen molar-refractivity contribution in [3.63, 3.8) is 0 Å². The van der Waals surface area contributed by atoms with E-state index < -0.39 is 144 Å². The van der Waals surface area contributed by atoms with Crippen LogP contribution >= 0.6 is 0 Å². The van der Waals surface area contributed by atoms with Gasteiger partial charge in [-0.25, -0.2) is 24.0 Å². The number of fused-ring (bicyclic) bond motifs is 1. The molecular formula is C50H81N5O18. The van der Waals surface area contributed by atoms with Crippen LogP contribution in [0.4, 0.5) is 24.0 Å². The SMILES string of the molecule is CC(C)(C)OC(=O)NC[C@@H]1CC[C@@H](NC(=O)OC(C)(C)C)[C@@H](O[C@H]2[C@H](O)[C@@H](O[C@H]3O[C@@H]4COC(c5ccccc5)O[C@H]4[C@H](NC(=O)OC(C)(C)C)[C@H]3O)[C@H](NC(=O)OC(C)(C)C)C[C@@H]2NC(=O)OC(C)(C)C)O1. The smallest absolute Gasteiger partial charge is 0.408 e. The Balaban J connectivity index is 1.53. The average Bonchev–Trinajstić information content (AvgIpc) is 3.21. The van der Waals surface area contributed by atoms with Crippen LogP contribution in [0.3, 0.4) is 0 Å². The zero-order valence-corrected chi connectivity index (χ0v) is 44.9. The van der Waals surface area contributed by atoms with Gasteiger partial charge in [-0.15, -0.1) is 0 Å². The fourth-order valence-corrected chi connectivity index (χ4v) is 8.41. The fourth-order valence-electron chi connectivity index (χ4n) is 8.41. The van der Waals surface area contributed by atoms with Gasteiger partial charge in [0.1, 0.15) is 64.6 Å². The van der Waals surface area contributed by atoms with Crippen LogP contribution < -0.4 is 26.6 Å². The third kappa shape index (κ3) is 18.8. The van der Waals surface area contributed by atoms with Gasteiger partial charge in [-0.3, -0.25) is 0 Å². The molecule has 7 N–H and O–H groups in total. The minimum atomic E-state index is -1.84. The Labute approximate surface area is 428 Å². The van der Waals surface area contributed by atoms with E-state index in [2.05, 4.69) is 26.6 Å². The Bertz CT molecular complexity index is 2010. The number of amides is 5. The number of ether oxygens (including phenoxy) is 11. The highest BCUT2D eigenvalue weighted by molar-refractivity contribution is 5.70. The maximum Gasteiger partial charge on any atom is 0.408 e. The van der Waals surface area contributed by atoms with E-state index in [1.165, 1.54) is 0 Å². The number of aliphatic hydroxyl groups excluding tert-OH is 2. The van der Waals surface area contributed by atoms with Crippen LogP contribution in [0.1, 0.15) is 135 Å². The van der Waals surface area contributed by atoms with Crippen LogP contribution in [0.2, 0.25) is 0 Å². The minimum absolute atomic E-state index is 0.0363. The van der Waals surface area contributed by atoms with Crippen molar-refractivity contribution >= 4 is 30.5 Å². The highest BCUT2D eigenvalue weighted by Gasteiger charge is 2.55. The van der Waals surface area contributed by atoms with Gasteiger partial charge in [0.2, 0.25) is 0 Å². The van der Waals surface area contributed by atoms with Crippen molar-refractivity contribution in [1.29, 1.82) is 0 Å². The first kappa shape index (κ1) is 59.1. The molecule has 0 aromatic heterocycles. The number of hydrogen-bond acceptors (Lipinski definition) is 18. The average molecular weight is 1040 g/mol. The number of aliphatic hydroxyl groups is 2. The van der Waals surface area contributed by atoms with Gasteiger partial charge < -0.3 is 88.9 Å². The largest absolute Gasteiger partial charge is 0.444 e. The number of benzene rings is 1. The van der Waals surface area contributed by atoms with Gasteiger partial charge in [0, 0.05) is 12.1 Å². The molecule has 1 unspecified atom stereocenters. The number of rotatable bonds is 11. The van der Waals surface area contributed by atoms with Crippen molar-refractivity contribution in [2.45, 2.75) is 237 Å². The van der Waals surface area contributed by atoms with Crippen LogP contribution in [-0.2, 0) is 52.1 Å². The molecule has 14 atom stereocenters. The molecule has 3 heterocycles. The molecule has 5 amide bonds. The van der Waals surface area contributed by atoms with Gasteiger partial charge in [-0.1, -0.05) is 30.3 Å². The van der Waals surface area contributed by atoms with Gasteiger partial charge in [0.15, 0.2) is 18.9 Å². The van der Waals surface area contributed by atoms with Gasteiger partial charge >= 0.3 is 30.5 Å². The molecule has 73 heavy (non-hydrogen) atoms. The predicted molar refractivity (Wildman–Crippen MR) is 260 cm³/mol. The van der Waals surface area contributed by atoms with Crippen LogP contribution in [-0.4, -0.2) is 161 Å². The van der Waals surface area contributed by atoms with E-state index in [-0.39, 0.29) is 26.0 Å².